The summed E-state index contributed by atoms with van der Waals surface area (Å²) in [7, 11) is -1.74. The number of benzene rings is 1. The van der Waals surface area contributed by atoms with Gasteiger partial charge in [0.15, 0.2) is 0 Å². The average molecular weight is 234 g/mol. The number of alkyl halides is 3. The van der Waals surface area contributed by atoms with Crippen LogP contribution in [0.4, 0.5) is 13.2 Å². The van der Waals surface area contributed by atoms with Crippen molar-refractivity contribution in [3.8, 4) is 0 Å². The molecule has 1 unspecified atom stereocenters. The van der Waals surface area contributed by atoms with Gasteiger partial charge in [-0.25, -0.2) is 4.21 Å². The zero-order valence-electron chi connectivity index (χ0n) is 7.91. The summed E-state index contributed by atoms with van der Waals surface area (Å²) in [5.74, 6) is 0. The lowest BCUT2D eigenvalue weighted by atomic mass is 10.2. The van der Waals surface area contributed by atoms with Crippen LogP contribution in [-0.2, 0) is 10.8 Å². The van der Waals surface area contributed by atoms with Crippen LogP contribution in [0.3, 0.4) is 0 Å². The minimum Gasteiger partial charge on any atom is -0.250 e. The molecule has 5 heteroatoms. The second-order valence-corrected chi connectivity index (χ2v) is 4.29. The van der Waals surface area contributed by atoms with Crippen molar-refractivity contribution < 1.29 is 17.4 Å². The fourth-order valence-electron chi connectivity index (χ4n) is 0.890. The summed E-state index contributed by atoms with van der Waals surface area (Å²) in [4.78, 5) is 0.362. The van der Waals surface area contributed by atoms with E-state index in [0.29, 0.717) is 10.3 Å². The zero-order valence-corrected chi connectivity index (χ0v) is 8.73. The van der Waals surface area contributed by atoms with Crippen LogP contribution in [0.15, 0.2) is 40.6 Å². The van der Waals surface area contributed by atoms with E-state index in [-0.39, 0.29) is 6.08 Å². The maximum absolute atomic E-state index is 11.8. The Morgan fingerprint density at radius 3 is 2.20 bits per heavy atom. The molecule has 0 fully saturated rings. The van der Waals surface area contributed by atoms with Gasteiger partial charge in [-0.05, 0) is 19.1 Å². The third-order valence-electron chi connectivity index (χ3n) is 1.63. The van der Waals surface area contributed by atoms with Crippen LogP contribution in [-0.4, -0.2) is 10.4 Å². The van der Waals surface area contributed by atoms with Gasteiger partial charge in [0, 0.05) is 16.4 Å². The molecule has 0 heterocycles. The van der Waals surface area contributed by atoms with Crippen LogP contribution in [0.1, 0.15) is 5.56 Å². The summed E-state index contributed by atoms with van der Waals surface area (Å²) in [6.45, 7) is 1.85. The third kappa shape index (κ3) is 4.29. The molecule has 1 atom stereocenters. The zero-order chi connectivity index (χ0) is 11.5. The quantitative estimate of drug-likeness (QED) is 0.768. The van der Waals surface area contributed by atoms with E-state index in [2.05, 4.69) is 0 Å². The first-order valence-electron chi connectivity index (χ1n) is 4.12. The van der Waals surface area contributed by atoms with Crippen molar-refractivity contribution in [3.63, 3.8) is 0 Å². The SMILES string of the molecule is Cc1ccc(S(=O)C=CC(F)(F)F)cc1. The van der Waals surface area contributed by atoms with E-state index < -0.39 is 17.0 Å². The molecule has 1 aromatic carbocycles. The molecule has 0 radical (unpaired) electrons. The maximum Gasteiger partial charge on any atom is 0.410 e. The van der Waals surface area contributed by atoms with E-state index in [9.17, 15) is 17.4 Å². The third-order valence-corrected chi connectivity index (χ3v) is 2.75. The molecule has 0 N–H and O–H groups in total. The minimum absolute atomic E-state index is 0.0109. The molecule has 0 saturated heterocycles. The molecule has 0 bridgehead atoms. The summed E-state index contributed by atoms with van der Waals surface area (Å²) < 4.78 is 46.7. The fraction of sp³-hybridized carbons (Fsp3) is 0.200. The van der Waals surface area contributed by atoms with Gasteiger partial charge in [0.2, 0.25) is 0 Å². The van der Waals surface area contributed by atoms with E-state index in [4.69, 9.17) is 0 Å². The van der Waals surface area contributed by atoms with Gasteiger partial charge >= 0.3 is 6.18 Å². The van der Waals surface area contributed by atoms with Crippen molar-refractivity contribution in [2.45, 2.75) is 18.0 Å². The molecule has 0 aliphatic rings. The summed E-state index contributed by atoms with van der Waals surface area (Å²) in [6.07, 6.45) is -4.43. The van der Waals surface area contributed by atoms with Crippen LogP contribution in [0, 0.1) is 6.92 Å². The second kappa shape index (κ2) is 4.61. The van der Waals surface area contributed by atoms with Crippen molar-refractivity contribution >= 4 is 10.8 Å². The van der Waals surface area contributed by atoms with E-state index >= 15 is 0 Å². The molecule has 1 rings (SSSR count). The molecule has 15 heavy (non-hydrogen) atoms. The minimum atomic E-state index is -4.42. The molecular formula is C10H9F3OS. The smallest absolute Gasteiger partial charge is 0.250 e. The summed E-state index contributed by atoms with van der Waals surface area (Å²) in [5, 5.41) is 0.644. The largest absolute Gasteiger partial charge is 0.410 e. The van der Waals surface area contributed by atoms with Gasteiger partial charge in [-0.2, -0.15) is 13.2 Å². The van der Waals surface area contributed by atoms with Gasteiger partial charge in [-0.1, -0.05) is 17.7 Å². The standard InChI is InChI=1S/C10H9F3OS/c1-8-2-4-9(5-3-8)15(14)7-6-10(11,12)13/h2-7H,1H3. The Balaban J connectivity index is 2.78. The molecule has 0 aromatic heterocycles. The van der Waals surface area contributed by atoms with Crippen molar-refractivity contribution in [1.29, 1.82) is 0 Å². The Kier molecular flexibility index (Phi) is 3.68. The fourth-order valence-corrected chi connectivity index (χ4v) is 1.73. The van der Waals surface area contributed by atoms with Crippen molar-refractivity contribution in [3.05, 3.63) is 41.3 Å². The average Bonchev–Trinajstić information content (AvgIpc) is 2.14. The van der Waals surface area contributed by atoms with Gasteiger partial charge < -0.3 is 0 Å². The first-order valence-corrected chi connectivity index (χ1v) is 5.33. The van der Waals surface area contributed by atoms with Gasteiger partial charge in [0.05, 0.1) is 10.8 Å². The van der Waals surface area contributed by atoms with E-state index in [0.717, 1.165) is 5.56 Å². The summed E-state index contributed by atoms with van der Waals surface area (Å²) in [5.41, 5.74) is 0.968. The Morgan fingerprint density at radius 2 is 1.73 bits per heavy atom. The normalized spacial score (nSPS) is 14.4. The Hall–Kier alpha value is -1.10. The highest BCUT2D eigenvalue weighted by Crippen LogP contribution is 2.18. The molecule has 0 aliphatic carbocycles. The van der Waals surface area contributed by atoms with Crippen LogP contribution >= 0.6 is 0 Å². The Morgan fingerprint density at radius 1 is 1.20 bits per heavy atom. The predicted molar refractivity (Wildman–Crippen MR) is 52.8 cm³/mol. The summed E-state index contributed by atoms with van der Waals surface area (Å²) >= 11 is 0. The number of rotatable bonds is 2. The number of aryl methyl sites for hydroxylation is 1. The predicted octanol–water partition coefficient (Wildman–Crippen LogP) is 3.18. The Bertz CT molecular complexity index is 379. The first-order chi connectivity index (χ1) is 6.88. The van der Waals surface area contributed by atoms with Gasteiger partial charge in [0.1, 0.15) is 0 Å². The second-order valence-electron chi connectivity index (χ2n) is 2.95. The van der Waals surface area contributed by atoms with Gasteiger partial charge in [-0.3, -0.25) is 0 Å². The number of allylic oxidation sites excluding steroid dienone is 1. The number of halogens is 3. The molecule has 0 saturated carbocycles. The molecule has 82 valence electrons. The van der Waals surface area contributed by atoms with Gasteiger partial charge in [0.25, 0.3) is 0 Å². The highest BCUT2D eigenvalue weighted by Gasteiger charge is 2.22. The van der Waals surface area contributed by atoms with E-state index in [1.54, 1.807) is 24.3 Å². The lowest BCUT2D eigenvalue weighted by Gasteiger charge is -1.99. The number of hydrogen-bond acceptors (Lipinski definition) is 1. The molecule has 1 nitrogen and oxygen atoms in total. The first kappa shape index (κ1) is 12.0. The van der Waals surface area contributed by atoms with Gasteiger partial charge in [-0.15, -0.1) is 0 Å². The van der Waals surface area contributed by atoms with Crippen LogP contribution in [0.25, 0.3) is 0 Å². The highest BCUT2D eigenvalue weighted by molar-refractivity contribution is 7.88. The lowest BCUT2D eigenvalue weighted by Crippen LogP contribution is -2.01. The highest BCUT2D eigenvalue weighted by atomic mass is 32.2. The number of hydrogen-bond donors (Lipinski definition) is 0. The van der Waals surface area contributed by atoms with E-state index in [1.165, 1.54) is 0 Å². The topological polar surface area (TPSA) is 17.1 Å². The van der Waals surface area contributed by atoms with Crippen molar-refractivity contribution in [2.24, 2.45) is 0 Å². The maximum atomic E-state index is 11.8. The van der Waals surface area contributed by atoms with E-state index in [1.807, 2.05) is 6.92 Å². The monoisotopic (exact) mass is 234 g/mol. The molecule has 0 amide bonds. The van der Waals surface area contributed by atoms with Crippen LogP contribution in [0.2, 0.25) is 0 Å². The van der Waals surface area contributed by atoms with Crippen LogP contribution in [0.5, 0.6) is 0 Å². The van der Waals surface area contributed by atoms with Crippen LogP contribution < -0.4 is 0 Å². The molecular weight excluding hydrogens is 225 g/mol. The molecule has 0 aliphatic heterocycles. The lowest BCUT2D eigenvalue weighted by molar-refractivity contribution is -0.0796. The van der Waals surface area contributed by atoms with Crippen molar-refractivity contribution in [2.75, 3.05) is 0 Å². The Labute approximate surface area is 88.1 Å². The van der Waals surface area contributed by atoms with Crippen molar-refractivity contribution in [1.82, 2.24) is 0 Å². The summed E-state index contributed by atoms with van der Waals surface area (Å²) in [6, 6.07) is 6.50. The molecule has 0 spiro atoms. The molecule has 1 aromatic rings.